The summed E-state index contributed by atoms with van der Waals surface area (Å²) in [5, 5.41) is 7.53. The summed E-state index contributed by atoms with van der Waals surface area (Å²) in [6, 6.07) is 60.2. The predicted molar refractivity (Wildman–Crippen MR) is 201 cm³/mol. The summed E-state index contributed by atoms with van der Waals surface area (Å²) < 4.78 is 7.95. The second-order valence-corrected chi connectivity index (χ2v) is 12.8. The second-order valence-electron chi connectivity index (χ2n) is 12.8. The largest absolute Gasteiger partial charge is 0.497 e. The van der Waals surface area contributed by atoms with Gasteiger partial charge in [-0.3, -0.25) is 0 Å². The Kier molecular flexibility index (Phi) is 5.89. The Labute approximate surface area is 279 Å². The topological polar surface area (TPSA) is 14.2 Å². The summed E-state index contributed by atoms with van der Waals surface area (Å²) in [4.78, 5) is 0. The van der Waals surface area contributed by atoms with Gasteiger partial charge in [0.05, 0.1) is 18.1 Å². The Hall–Kier alpha value is -6.12. The standard InChI is InChI=1S/C46H31NO/c1-48-33-22-19-29(20-23-33)40-26-31-27-43-37-15-9-10-18-44(37)47(32-11-3-2-4-12-32)45(43)28-41(31)36-24-21-30(25-42(36)40)46-38-16-7-5-13-34(38)35-14-6-8-17-39(35)46/h2-28,46H,1H3. The molecule has 2 nitrogen and oxygen atoms in total. The summed E-state index contributed by atoms with van der Waals surface area (Å²) in [5.41, 5.74) is 12.7. The molecule has 0 unspecified atom stereocenters. The van der Waals surface area contributed by atoms with E-state index in [0.717, 1.165) is 5.75 Å². The number of para-hydroxylation sites is 2. The summed E-state index contributed by atoms with van der Waals surface area (Å²) in [7, 11) is 1.72. The summed E-state index contributed by atoms with van der Waals surface area (Å²) in [6.45, 7) is 0. The smallest absolute Gasteiger partial charge is 0.118 e. The highest BCUT2D eigenvalue weighted by Gasteiger charge is 2.29. The maximum Gasteiger partial charge on any atom is 0.118 e. The Bertz CT molecular complexity index is 2650. The van der Waals surface area contributed by atoms with E-state index < -0.39 is 0 Å². The number of nitrogens with zero attached hydrogens (tertiary/aromatic N) is 1. The van der Waals surface area contributed by atoms with Crippen LogP contribution in [-0.4, -0.2) is 11.7 Å². The van der Waals surface area contributed by atoms with Crippen molar-refractivity contribution in [1.29, 1.82) is 0 Å². The van der Waals surface area contributed by atoms with Gasteiger partial charge in [0, 0.05) is 22.4 Å². The van der Waals surface area contributed by atoms with Gasteiger partial charge in [0.15, 0.2) is 0 Å². The van der Waals surface area contributed by atoms with Gasteiger partial charge < -0.3 is 9.30 Å². The van der Waals surface area contributed by atoms with Crippen molar-refractivity contribution in [2.75, 3.05) is 7.11 Å². The van der Waals surface area contributed by atoms with Crippen LogP contribution in [0.2, 0.25) is 0 Å². The molecule has 0 fully saturated rings. The molecule has 1 heterocycles. The number of fused-ring (bicyclic) bond motifs is 9. The van der Waals surface area contributed by atoms with Crippen molar-refractivity contribution in [2.45, 2.75) is 5.92 Å². The lowest BCUT2D eigenvalue weighted by Crippen LogP contribution is -1.99. The molecule has 0 amide bonds. The molecule has 1 aliphatic carbocycles. The lowest BCUT2D eigenvalue weighted by Gasteiger charge is -2.18. The first-order valence-corrected chi connectivity index (χ1v) is 16.6. The van der Waals surface area contributed by atoms with Crippen LogP contribution in [0.25, 0.3) is 71.3 Å². The number of rotatable bonds is 4. The van der Waals surface area contributed by atoms with Crippen LogP contribution in [-0.2, 0) is 0 Å². The number of hydrogen-bond acceptors (Lipinski definition) is 1. The third kappa shape index (κ3) is 3.93. The van der Waals surface area contributed by atoms with E-state index in [1.165, 1.54) is 88.0 Å². The van der Waals surface area contributed by atoms with Gasteiger partial charge in [-0.2, -0.15) is 0 Å². The van der Waals surface area contributed by atoms with Crippen LogP contribution >= 0.6 is 0 Å². The molecule has 0 N–H and O–H groups in total. The molecule has 0 saturated heterocycles. The Morgan fingerprint density at radius 2 is 1.15 bits per heavy atom. The normalized spacial score (nSPS) is 12.6. The average molecular weight is 614 g/mol. The third-order valence-electron chi connectivity index (χ3n) is 10.4. The zero-order chi connectivity index (χ0) is 31.8. The molecule has 226 valence electrons. The van der Waals surface area contributed by atoms with E-state index in [0.29, 0.717) is 0 Å². The SMILES string of the molecule is COc1ccc(-c2cc3cc4c5ccccc5n(-c5ccccc5)c4cc3c3ccc(C4c5ccccc5-c5ccccc54)cc23)cc1. The van der Waals surface area contributed by atoms with Crippen LogP contribution in [0.4, 0.5) is 0 Å². The highest BCUT2D eigenvalue weighted by atomic mass is 16.5. The van der Waals surface area contributed by atoms with Gasteiger partial charge >= 0.3 is 0 Å². The molecule has 0 saturated carbocycles. The van der Waals surface area contributed by atoms with Crippen LogP contribution < -0.4 is 4.74 Å². The van der Waals surface area contributed by atoms with Gasteiger partial charge in [-0.05, 0) is 115 Å². The fourth-order valence-corrected chi connectivity index (χ4v) is 8.20. The van der Waals surface area contributed by atoms with E-state index in [2.05, 4.69) is 168 Å². The van der Waals surface area contributed by atoms with Crippen LogP contribution in [0.3, 0.4) is 0 Å². The zero-order valence-electron chi connectivity index (χ0n) is 26.5. The van der Waals surface area contributed by atoms with Gasteiger partial charge in [0.25, 0.3) is 0 Å². The lowest BCUT2D eigenvalue weighted by atomic mass is 9.85. The zero-order valence-corrected chi connectivity index (χ0v) is 26.5. The molecule has 0 atom stereocenters. The summed E-state index contributed by atoms with van der Waals surface area (Å²) in [5.74, 6) is 1.04. The van der Waals surface area contributed by atoms with Gasteiger partial charge in [0.1, 0.15) is 5.75 Å². The average Bonchev–Trinajstić information content (AvgIpc) is 3.66. The van der Waals surface area contributed by atoms with Crippen LogP contribution in [0.15, 0.2) is 164 Å². The van der Waals surface area contributed by atoms with Crippen molar-refractivity contribution in [3.05, 3.63) is 180 Å². The Morgan fingerprint density at radius 3 is 1.90 bits per heavy atom. The molecular weight excluding hydrogens is 583 g/mol. The van der Waals surface area contributed by atoms with Crippen LogP contribution in [0.1, 0.15) is 22.6 Å². The van der Waals surface area contributed by atoms with Gasteiger partial charge in [-0.1, -0.05) is 109 Å². The van der Waals surface area contributed by atoms with Crippen LogP contribution in [0.5, 0.6) is 5.75 Å². The minimum atomic E-state index is 0.185. The molecule has 2 heteroatoms. The van der Waals surface area contributed by atoms with Crippen LogP contribution in [0, 0.1) is 0 Å². The maximum atomic E-state index is 5.54. The third-order valence-corrected chi connectivity index (χ3v) is 10.4. The monoisotopic (exact) mass is 613 g/mol. The molecular formula is C46H31NO. The molecule has 1 aliphatic rings. The van der Waals surface area contributed by atoms with E-state index in [9.17, 15) is 0 Å². The number of aromatic nitrogens is 1. The minimum absolute atomic E-state index is 0.185. The fourth-order valence-electron chi connectivity index (χ4n) is 8.20. The second kappa shape index (κ2) is 10.4. The molecule has 9 aromatic rings. The quantitative estimate of drug-likeness (QED) is 0.180. The number of ether oxygens (including phenoxy) is 1. The molecule has 8 aromatic carbocycles. The van der Waals surface area contributed by atoms with Crippen molar-refractivity contribution in [1.82, 2.24) is 4.57 Å². The van der Waals surface area contributed by atoms with Gasteiger partial charge in [0.2, 0.25) is 0 Å². The van der Waals surface area contributed by atoms with Crippen molar-refractivity contribution in [3.63, 3.8) is 0 Å². The van der Waals surface area contributed by atoms with Gasteiger partial charge in [-0.25, -0.2) is 0 Å². The van der Waals surface area contributed by atoms with Crippen molar-refractivity contribution in [3.8, 4) is 33.7 Å². The lowest BCUT2D eigenvalue weighted by molar-refractivity contribution is 0.415. The highest BCUT2D eigenvalue weighted by molar-refractivity contribution is 6.20. The molecule has 0 radical (unpaired) electrons. The first-order chi connectivity index (χ1) is 23.8. The molecule has 0 aliphatic heterocycles. The molecule has 0 bridgehead atoms. The Balaban J connectivity index is 1.29. The highest BCUT2D eigenvalue weighted by Crippen LogP contribution is 2.49. The number of methoxy groups -OCH3 is 1. The van der Waals surface area contributed by atoms with Gasteiger partial charge in [-0.15, -0.1) is 0 Å². The summed E-state index contributed by atoms with van der Waals surface area (Å²) in [6.07, 6.45) is 0. The first kappa shape index (κ1) is 27.0. The van der Waals surface area contributed by atoms with E-state index in [-0.39, 0.29) is 5.92 Å². The number of hydrogen-bond donors (Lipinski definition) is 0. The van der Waals surface area contributed by atoms with E-state index in [4.69, 9.17) is 4.74 Å². The van der Waals surface area contributed by atoms with Crippen molar-refractivity contribution < 1.29 is 4.74 Å². The number of benzene rings is 8. The van der Waals surface area contributed by atoms with Crippen molar-refractivity contribution >= 4 is 43.4 Å². The first-order valence-electron chi connectivity index (χ1n) is 16.6. The Morgan fingerprint density at radius 1 is 0.458 bits per heavy atom. The summed E-state index contributed by atoms with van der Waals surface area (Å²) >= 11 is 0. The molecule has 48 heavy (non-hydrogen) atoms. The molecule has 0 spiro atoms. The molecule has 1 aromatic heterocycles. The minimum Gasteiger partial charge on any atom is -0.497 e. The predicted octanol–water partition coefficient (Wildman–Crippen LogP) is 11.9. The van der Waals surface area contributed by atoms with E-state index in [1.54, 1.807) is 7.11 Å². The van der Waals surface area contributed by atoms with Crippen molar-refractivity contribution in [2.24, 2.45) is 0 Å². The van der Waals surface area contributed by atoms with E-state index >= 15 is 0 Å². The fraction of sp³-hybridized carbons (Fsp3) is 0.0435. The maximum absolute atomic E-state index is 5.54. The molecule has 10 rings (SSSR count). The van der Waals surface area contributed by atoms with E-state index in [1.807, 2.05) is 0 Å².